The molecule has 8 nitrogen and oxygen atoms in total. The van der Waals surface area contributed by atoms with Crippen molar-refractivity contribution in [3.8, 4) is 0 Å². The fourth-order valence-corrected chi connectivity index (χ4v) is 4.30. The van der Waals surface area contributed by atoms with Crippen LogP contribution >= 0.6 is 11.8 Å². The average Bonchev–Trinajstić information content (AvgIpc) is 3.16. The van der Waals surface area contributed by atoms with E-state index < -0.39 is 11.2 Å². The van der Waals surface area contributed by atoms with Crippen molar-refractivity contribution in [2.75, 3.05) is 11.6 Å². The number of carbonyl (C=O) groups excluding carboxylic acids is 1. The molecule has 0 fully saturated rings. The van der Waals surface area contributed by atoms with E-state index in [1.54, 1.807) is 16.3 Å². The third-order valence-corrected chi connectivity index (χ3v) is 6.34. The molecule has 0 aliphatic heterocycles. The van der Waals surface area contributed by atoms with Gasteiger partial charge >= 0.3 is 5.69 Å². The van der Waals surface area contributed by atoms with Crippen molar-refractivity contribution in [2.45, 2.75) is 76.8 Å². The first-order chi connectivity index (χ1) is 16.0. The molecule has 1 aromatic carbocycles. The number of fused-ring (bicyclic) bond motifs is 1. The van der Waals surface area contributed by atoms with E-state index in [1.165, 1.54) is 0 Å². The number of imidazole rings is 1. The fourth-order valence-electron chi connectivity index (χ4n) is 3.84. The van der Waals surface area contributed by atoms with E-state index in [1.807, 2.05) is 35.1 Å². The van der Waals surface area contributed by atoms with E-state index in [2.05, 4.69) is 24.1 Å². The van der Waals surface area contributed by atoms with Gasteiger partial charge in [-0.15, -0.1) is 11.8 Å². The van der Waals surface area contributed by atoms with Gasteiger partial charge in [0.15, 0.2) is 11.2 Å². The zero-order valence-corrected chi connectivity index (χ0v) is 20.5. The van der Waals surface area contributed by atoms with E-state index in [9.17, 15) is 14.4 Å². The van der Waals surface area contributed by atoms with Crippen LogP contribution in [0.2, 0.25) is 0 Å². The van der Waals surface area contributed by atoms with Crippen LogP contribution in [0.3, 0.4) is 0 Å². The molecule has 0 unspecified atom stereocenters. The molecule has 0 spiro atoms. The maximum absolute atomic E-state index is 12.7. The Morgan fingerprint density at radius 2 is 1.85 bits per heavy atom. The molecule has 2 aromatic heterocycles. The predicted molar refractivity (Wildman–Crippen MR) is 134 cm³/mol. The lowest BCUT2D eigenvalue weighted by Gasteiger charge is -2.10. The van der Waals surface area contributed by atoms with Crippen molar-refractivity contribution in [3.05, 3.63) is 50.9 Å². The van der Waals surface area contributed by atoms with Crippen LogP contribution in [0.1, 0.15) is 58.2 Å². The molecule has 2 heterocycles. The maximum atomic E-state index is 12.7. The van der Waals surface area contributed by atoms with Crippen LogP contribution in [0, 0.1) is 0 Å². The quantitative estimate of drug-likeness (QED) is 0.305. The summed E-state index contributed by atoms with van der Waals surface area (Å²) in [5.41, 5.74) is 0.739. The first-order valence-electron chi connectivity index (χ1n) is 11.6. The fraction of sp³-hybridized carbons (Fsp3) is 0.500. The van der Waals surface area contributed by atoms with Crippen LogP contribution in [0.25, 0.3) is 11.2 Å². The van der Waals surface area contributed by atoms with E-state index in [4.69, 9.17) is 4.98 Å². The number of carbonyl (C=O) groups is 1. The third kappa shape index (κ3) is 6.16. The Hall–Kier alpha value is -2.81. The van der Waals surface area contributed by atoms with Gasteiger partial charge in [0.25, 0.3) is 5.56 Å². The number of unbranched alkanes of at least 4 members (excludes halogenated alkanes) is 3. The minimum absolute atomic E-state index is 0.113. The summed E-state index contributed by atoms with van der Waals surface area (Å²) in [5, 5.41) is 2.94. The van der Waals surface area contributed by atoms with Crippen molar-refractivity contribution in [3.63, 3.8) is 0 Å². The second-order valence-electron chi connectivity index (χ2n) is 8.10. The van der Waals surface area contributed by atoms with Crippen LogP contribution in [-0.4, -0.2) is 31.3 Å². The molecule has 0 aliphatic carbocycles. The lowest BCUT2D eigenvalue weighted by atomic mass is 10.2. The number of aryl methyl sites for hydroxylation is 3. The highest BCUT2D eigenvalue weighted by Crippen LogP contribution is 2.20. The Morgan fingerprint density at radius 3 is 2.58 bits per heavy atom. The van der Waals surface area contributed by atoms with Crippen molar-refractivity contribution in [2.24, 2.45) is 0 Å². The van der Waals surface area contributed by atoms with E-state index in [0.717, 1.165) is 42.7 Å². The number of H-pyrrole nitrogens is 1. The number of nitrogens with one attached hydrogen (secondary N) is 2. The summed E-state index contributed by atoms with van der Waals surface area (Å²) >= 11 is 1.62. The van der Waals surface area contributed by atoms with Crippen molar-refractivity contribution < 1.29 is 4.79 Å². The number of aromatic amines is 1. The molecule has 3 rings (SSSR count). The van der Waals surface area contributed by atoms with Gasteiger partial charge in [-0.3, -0.25) is 19.1 Å². The number of hydrogen-bond donors (Lipinski definition) is 2. The standard InChI is InChI=1S/C24H33N5O3S/c1-4-6-8-15-28-19(12-13-20(30)25-17-10-9-11-18(16-17)33-3)26-22-21(28)23(31)27-24(32)29(22)14-7-5-2/h9-11,16H,4-8,12-15H2,1-3H3,(H,25,30)(H,27,31,32). The molecular formula is C24H33N5O3S. The summed E-state index contributed by atoms with van der Waals surface area (Å²) in [7, 11) is 0. The molecule has 1 amide bonds. The number of amides is 1. The van der Waals surface area contributed by atoms with E-state index >= 15 is 0 Å². The average molecular weight is 472 g/mol. The lowest BCUT2D eigenvalue weighted by molar-refractivity contribution is -0.116. The molecule has 178 valence electrons. The van der Waals surface area contributed by atoms with Gasteiger partial charge in [0, 0.05) is 36.5 Å². The summed E-state index contributed by atoms with van der Waals surface area (Å²) in [6, 6.07) is 7.71. The third-order valence-electron chi connectivity index (χ3n) is 5.61. The summed E-state index contributed by atoms with van der Waals surface area (Å²) in [5.74, 6) is 0.549. The Bertz CT molecular complexity index is 1210. The Balaban J connectivity index is 1.88. The number of anilines is 1. The molecule has 0 saturated heterocycles. The van der Waals surface area contributed by atoms with Crippen LogP contribution in [-0.2, 0) is 24.3 Å². The largest absolute Gasteiger partial charge is 0.330 e. The zero-order chi connectivity index (χ0) is 23.8. The molecule has 0 saturated carbocycles. The number of nitrogens with zero attached hydrogens (tertiary/aromatic N) is 3. The van der Waals surface area contributed by atoms with E-state index in [0.29, 0.717) is 36.5 Å². The van der Waals surface area contributed by atoms with Crippen LogP contribution in [0.4, 0.5) is 5.69 Å². The number of benzene rings is 1. The molecule has 2 N–H and O–H groups in total. The normalized spacial score (nSPS) is 11.2. The van der Waals surface area contributed by atoms with Gasteiger partial charge in [0.1, 0.15) is 5.82 Å². The topological polar surface area (TPSA) is 102 Å². The molecule has 0 aliphatic rings. The summed E-state index contributed by atoms with van der Waals surface area (Å²) in [6.45, 7) is 5.31. The van der Waals surface area contributed by atoms with Gasteiger partial charge in [-0.1, -0.05) is 39.2 Å². The number of thioether (sulfide) groups is 1. The first-order valence-corrected chi connectivity index (χ1v) is 12.9. The van der Waals surface area contributed by atoms with Gasteiger partial charge in [-0.25, -0.2) is 9.78 Å². The molecule has 9 heteroatoms. The van der Waals surface area contributed by atoms with E-state index in [-0.39, 0.29) is 12.3 Å². The highest BCUT2D eigenvalue weighted by atomic mass is 32.2. The SMILES string of the molecule is CCCCCn1c(CCC(=O)Nc2cccc(SC)c2)nc2c1c(=O)[nH]c(=O)n2CCCC. The molecule has 33 heavy (non-hydrogen) atoms. The lowest BCUT2D eigenvalue weighted by Crippen LogP contribution is -2.31. The summed E-state index contributed by atoms with van der Waals surface area (Å²) in [4.78, 5) is 46.0. The zero-order valence-electron chi connectivity index (χ0n) is 19.6. The molecule has 0 radical (unpaired) electrons. The number of hydrogen-bond acceptors (Lipinski definition) is 5. The molecule has 0 atom stereocenters. The van der Waals surface area contributed by atoms with Crippen molar-refractivity contribution in [1.82, 2.24) is 19.1 Å². The Morgan fingerprint density at radius 1 is 1.09 bits per heavy atom. The highest BCUT2D eigenvalue weighted by molar-refractivity contribution is 7.98. The van der Waals surface area contributed by atoms with Crippen LogP contribution in [0.15, 0.2) is 38.8 Å². The summed E-state index contributed by atoms with van der Waals surface area (Å²) < 4.78 is 3.45. The minimum Gasteiger partial charge on any atom is -0.326 e. The first kappa shape index (κ1) is 24.8. The number of rotatable bonds is 12. The van der Waals surface area contributed by atoms with Gasteiger partial charge in [-0.05, 0) is 37.3 Å². The smallest absolute Gasteiger partial charge is 0.326 e. The summed E-state index contributed by atoms with van der Waals surface area (Å²) in [6.07, 6.45) is 7.33. The predicted octanol–water partition coefficient (Wildman–Crippen LogP) is 4.17. The minimum atomic E-state index is -0.433. The van der Waals surface area contributed by atoms with Gasteiger partial charge in [-0.2, -0.15) is 0 Å². The second kappa shape index (κ2) is 11.9. The molecule has 3 aromatic rings. The van der Waals surface area contributed by atoms with Crippen molar-refractivity contribution >= 4 is 34.5 Å². The maximum Gasteiger partial charge on any atom is 0.330 e. The number of aromatic nitrogens is 4. The molecule has 0 bridgehead atoms. The highest BCUT2D eigenvalue weighted by Gasteiger charge is 2.19. The Kier molecular flexibility index (Phi) is 8.94. The van der Waals surface area contributed by atoms with Gasteiger partial charge in [0.05, 0.1) is 0 Å². The monoisotopic (exact) mass is 471 g/mol. The van der Waals surface area contributed by atoms with Crippen LogP contribution in [0.5, 0.6) is 0 Å². The van der Waals surface area contributed by atoms with Gasteiger partial charge in [0.2, 0.25) is 5.91 Å². The second-order valence-corrected chi connectivity index (χ2v) is 8.98. The van der Waals surface area contributed by atoms with Crippen molar-refractivity contribution in [1.29, 1.82) is 0 Å². The molecular weight excluding hydrogens is 438 g/mol. The Labute approximate surface area is 197 Å². The van der Waals surface area contributed by atoms with Crippen LogP contribution < -0.4 is 16.6 Å². The van der Waals surface area contributed by atoms with Gasteiger partial charge < -0.3 is 9.88 Å².